The Hall–Kier alpha value is -1.39. The first-order valence-electron chi connectivity index (χ1n) is 9.18. The van der Waals surface area contributed by atoms with Crippen molar-refractivity contribution < 1.29 is 19.1 Å². The molecule has 1 aromatic rings. The van der Waals surface area contributed by atoms with Gasteiger partial charge in [-0.1, -0.05) is 30.3 Å². The number of ether oxygens (including phenoxy) is 1. The average molecular weight is 332 g/mol. The Balaban J connectivity index is 1.66. The summed E-state index contributed by atoms with van der Waals surface area (Å²) < 4.78 is 6.96. The Morgan fingerprint density at radius 1 is 1.21 bits per heavy atom. The van der Waals surface area contributed by atoms with Crippen LogP contribution in [0.5, 0.6) is 0 Å². The number of carbonyl (C=O) groups excluding carboxylic acids is 1. The van der Waals surface area contributed by atoms with Crippen molar-refractivity contribution in [1.82, 2.24) is 0 Å². The van der Waals surface area contributed by atoms with Crippen molar-refractivity contribution in [3.8, 4) is 0 Å². The standard InChI is InChI=1S/C20H30NO3/c1-14(2)21(3)16-9-10-17(21)12-18(11-16)24-20(23)19(13-22)15-7-5-4-6-8-15/h4-8,14,16-19,22H,9-13H2,1-3H3/q+1/t16-,17+,18+,19?,21-. The number of nitrogens with zero attached hydrogens (tertiary/aromatic N) is 1. The fourth-order valence-electron chi connectivity index (χ4n) is 4.82. The summed E-state index contributed by atoms with van der Waals surface area (Å²) in [6.07, 6.45) is 4.36. The highest BCUT2D eigenvalue weighted by molar-refractivity contribution is 5.78. The van der Waals surface area contributed by atoms with Gasteiger partial charge in [-0.15, -0.1) is 0 Å². The molecule has 1 unspecified atom stereocenters. The van der Waals surface area contributed by atoms with Crippen LogP contribution >= 0.6 is 0 Å². The van der Waals surface area contributed by atoms with Crippen LogP contribution in [0, 0.1) is 0 Å². The number of hydrogen-bond donors (Lipinski definition) is 1. The van der Waals surface area contributed by atoms with Gasteiger partial charge in [-0.05, 0) is 19.4 Å². The summed E-state index contributed by atoms with van der Waals surface area (Å²) in [6, 6.07) is 11.2. The highest BCUT2D eigenvalue weighted by atomic mass is 16.5. The molecule has 4 nitrogen and oxygen atoms in total. The second-order valence-corrected chi connectivity index (χ2v) is 7.88. The van der Waals surface area contributed by atoms with Gasteiger partial charge in [-0.25, -0.2) is 0 Å². The van der Waals surface area contributed by atoms with E-state index in [9.17, 15) is 9.90 Å². The molecule has 0 saturated carbocycles. The summed E-state index contributed by atoms with van der Waals surface area (Å²) in [5.41, 5.74) is 0.826. The monoisotopic (exact) mass is 332 g/mol. The molecule has 0 spiro atoms. The number of benzene rings is 1. The lowest BCUT2D eigenvalue weighted by atomic mass is 9.94. The van der Waals surface area contributed by atoms with Crippen LogP contribution in [-0.2, 0) is 9.53 Å². The molecule has 3 rings (SSSR count). The maximum absolute atomic E-state index is 12.6. The largest absolute Gasteiger partial charge is 0.461 e. The van der Waals surface area contributed by atoms with Gasteiger partial charge in [0.15, 0.2) is 0 Å². The van der Waals surface area contributed by atoms with Crippen molar-refractivity contribution in [3.05, 3.63) is 35.9 Å². The van der Waals surface area contributed by atoms with E-state index in [4.69, 9.17) is 4.74 Å². The fourth-order valence-corrected chi connectivity index (χ4v) is 4.82. The molecule has 4 heteroatoms. The second kappa shape index (κ2) is 6.85. The fraction of sp³-hybridized carbons (Fsp3) is 0.650. The third kappa shape index (κ3) is 2.98. The zero-order valence-electron chi connectivity index (χ0n) is 15.0. The predicted octanol–water partition coefficient (Wildman–Crippen LogP) is 2.85. The summed E-state index contributed by atoms with van der Waals surface area (Å²) in [4.78, 5) is 12.6. The number of piperidine rings is 1. The van der Waals surface area contributed by atoms with E-state index in [0.717, 1.165) is 22.9 Å². The van der Waals surface area contributed by atoms with Gasteiger partial charge in [0.1, 0.15) is 12.0 Å². The third-order valence-corrected chi connectivity index (χ3v) is 6.54. The maximum atomic E-state index is 12.6. The topological polar surface area (TPSA) is 46.5 Å². The number of hydrogen-bond acceptors (Lipinski definition) is 3. The molecule has 132 valence electrons. The molecule has 24 heavy (non-hydrogen) atoms. The van der Waals surface area contributed by atoms with Crippen LogP contribution in [0.2, 0.25) is 0 Å². The van der Waals surface area contributed by atoms with Crippen LogP contribution in [0.15, 0.2) is 30.3 Å². The molecule has 2 bridgehead atoms. The molecule has 2 aliphatic rings. The van der Waals surface area contributed by atoms with Gasteiger partial charge in [0.25, 0.3) is 0 Å². The van der Waals surface area contributed by atoms with Crippen LogP contribution < -0.4 is 0 Å². The number of quaternary nitrogens is 1. The molecule has 1 N–H and O–H groups in total. The highest BCUT2D eigenvalue weighted by Crippen LogP contribution is 2.44. The molecule has 5 atom stereocenters. The van der Waals surface area contributed by atoms with Crippen LogP contribution in [-0.4, -0.2) is 53.4 Å². The molecule has 2 fully saturated rings. The zero-order valence-corrected chi connectivity index (χ0v) is 15.0. The van der Waals surface area contributed by atoms with Gasteiger partial charge >= 0.3 is 5.97 Å². The minimum absolute atomic E-state index is 0.00212. The van der Waals surface area contributed by atoms with Gasteiger partial charge in [0, 0.05) is 25.7 Å². The molecule has 0 aromatic heterocycles. The quantitative estimate of drug-likeness (QED) is 0.666. The lowest BCUT2D eigenvalue weighted by molar-refractivity contribution is -0.968. The van der Waals surface area contributed by atoms with Gasteiger partial charge in [0.2, 0.25) is 0 Å². The van der Waals surface area contributed by atoms with Crippen molar-refractivity contribution in [2.45, 2.75) is 69.7 Å². The van der Waals surface area contributed by atoms with E-state index < -0.39 is 5.92 Å². The van der Waals surface area contributed by atoms with Crippen LogP contribution in [0.4, 0.5) is 0 Å². The number of rotatable bonds is 5. The van der Waals surface area contributed by atoms with E-state index >= 15 is 0 Å². The first kappa shape index (κ1) is 17.4. The van der Waals surface area contributed by atoms with E-state index in [1.165, 1.54) is 12.8 Å². The van der Waals surface area contributed by atoms with Crippen molar-refractivity contribution in [2.75, 3.05) is 13.7 Å². The maximum Gasteiger partial charge on any atom is 0.316 e. The summed E-state index contributed by atoms with van der Waals surface area (Å²) >= 11 is 0. The lowest BCUT2D eigenvalue weighted by Gasteiger charge is -2.49. The minimum atomic E-state index is -0.572. The Morgan fingerprint density at radius 2 is 1.79 bits per heavy atom. The Morgan fingerprint density at radius 3 is 2.29 bits per heavy atom. The summed E-state index contributed by atoms with van der Waals surface area (Å²) in [5.74, 6) is -0.856. The van der Waals surface area contributed by atoms with Crippen LogP contribution in [0.25, 0.3) is 0 Å². The molecular formula is C20H30NO3+. The van der Waals surface area contributed by atoms with Crippen molar-refractivity contribution in [3.63, 3.8) is 0 Å². The zero-order chi connectivity index (χ0) is 17.3. The summed E-state index contributed by atoms with van der Waals surface area (Å²) in [6.45, 7) is 4.39. The number of fused-ring (bicyclic) bond motifs is 2. The predicted molar refractivity (Wildman–Crippen MR) is 93.5 cm³/mol. The summed E-state index contributed by atoms with van der Waals surface area (Å²) in [7, 11) is 2.37. The second-order valence-electron chi connectivity index (χ2n) is 7.88. The van der Waals surface area contributed by atoms with Gasteiger partial charge < -0.3 is 14.3 Å². The van der Waals surface area contributed by atoms with E-state index in [2.05, 4.69) is 20.9 Å². The molecule has 2 saturated heterocycles. The van der Waals surface area contributed by atoms with Crippen LogP contribution in [0.1, 0.15) is 51.0 Å². The first-order valence-corrected chi connectivity index (χ1v) is 9.18. The number of aliphatic hydroxyl groups excluding tert-OH is 1. The first-order chi connectivity index (χ1) is 11.5. The van der Waals surface area contributed by atoms with E-state index in [-0.39, 0.29) is 18.7 Å². The highest BCUT2D eigenvalue weighted by Gasteiger charge is 2.53. The minimum Gasteiger partial charge on any atom is -0.461 e. The van der Waals surface area contributed by atoms with E-state index in [1.54, 1.807) is 0 Å². The van der Waals surface area contributed by atoms with E-state index in [0.29, 0.717) is 18.1 Å². The molecule has 0 aliphatic carbocycles. The molecule has 0 radical (unpaired) electrons. The Labute approximate surface area is 145 Å². The van der Waals surface area contributed by atoms with Crippen molar-refractivity contribution >= 4 is 5.97 Å². The van der Waals surface area contributed by atoms with Gasteiger partial charge in [-0.3, -0.25) is 4.79 Å². The molecule has 2 aliphatic heterocycles. The Bertz CT molecular complexity index is 558. The molecule has 2 heterocycles. The third-order valence-electron chi connectivity index (χ3n) is 6.54. The lowest BCUT2D eigenvalue weighted by Crippen LogP contribution is -2.62. The normalized spacial score (nSPS) is 33.5. The molecular weight excluding hydrogens is 302 g/mol. The van der Waals surface area contributed by atoms with Gasteiger partial charge in [-0.2, -0.15) is 0 Å². The SMILES string of the molecule is CC(C)[N@+]1(C)[C@@H]2CC[C@H]1C[C@@H](OC(=O)C(CO)c1ccccc1)C2. The van der Waals surface area contributed by atoms with Crippen molar-refractivity contribution in [2.24, 2.45) is 0 Å². The van der Waals surface area contributed by atoms with Crippen LogP contribution in [0.3, 0.4) is 0 Å². The Kier molecular flexibility index (Phi) is 4.97. The molecule has 0 amide bonds. The molecule has 1 aromatic carbocycles. The summed E-state index contributed by atoms with van der Waals surface area (Å²) in [5, 5.41) is 9.65. The number of esters is 1. The smallest absolute Gasteiger partial charge is 0.316 e. The van der Waals surface area contributed by atoms with Gasteiger partial charge in [0.05, 0.1) is 31.8 Å². The number of carbonyl (C=O) groups is 1. The number of aliphatic hydroxyl groups is 1. The van der Waals surface area contributed by atoms with E-state index in [1.807, 2.05) is 30.3 Å². The average Bonchev–Trinajstić information content (AvgIpc) is 2.74. The van der Waals surface area contributed by atoms with Crippen molar-refractivity contribution in [1.29, 1.82) is 0 Å².